The Bertz CT molecular complexity index is 407. The first-order valence-electron chi connectivity index (χ1n) is 5.60. The number of carbonyl (C=O) groups is 2. The molecular weight excluding hydrogens is 216 g/mol. The summed E-state index contributed by atoms with van der Waals surface area (Å²) in [5.41, 5.74) is 2.97. The average Bonchev–Trinajstić information content (AvgIpc) is 2.14. The monoisotopic (exact) mass is 234 g/mol. The zero-order valence-electron chi connectivity index (χ0n) is 10.5. The van der Waals surface area contributed by atoms with E-state index in [0.717, 1.165) is 16.8 Å². The van der Waals surface area contributed by atoms with E-state index in [1.807, 2.05) is 32.0 Å². The number of hydrogen-bond acceptors (Lipinski definition) is 2. The topological polar surface area (TPSA) is 58.2 Å². The fraction of sp³-hybridized carbons (Fsp3) is 0.385. The van der Waals surface area contributed by atoms with Crippen molar-refractivity contribution in [3.63, 3.8) is 0 Å². The maximum atomic E-state index is 11.5. The summed E-state index contributed by atoms with van der Waals surface area (Å²) in [6.07, 6.45) is 0.361. The standard InChI is InChI=1S/C13H18N2O2/c1-9-6-10(2)8-12(7-9)15-13(17)14-5-4-11(3)16/h6-8H,4-5H2,1-3H3,(H2,14,15,17). The largest absolute Gasteiger partial charge is 0.337 e. The lowest BCUT2D eigenvalue weighted by molar-refractivity contribution is -0.116. The number of rotatable bonds is 4. The second-order valence-electron chi connectivity index (χ2n) is 4.21. The van der Waals surface area contributed by atoms with Crippen LogP contribution < -0.4 is 10.6 Å². The fourth-order valence-corrected chi connectivity index (χ4v) is 1.57. The van der Waals surface area contributed by atoms with Crippen LogP contribution in [0.25, 0.3) is 0 Å². The smallest absolute Gasteiger partial charge is 0.319 e. The van der Waals surface area contributed by atoms with Gasteiger partial charge in [-0.25, -0.2) is 4.79 Å². The second-order valence-corrected chi connectivity index (χ2v) is 4.21. The van der Waals surface area contributed by atoms with E-state index in [-0.39, 0.29) is 11.8 Å². The summed E-state index contributed by atoms with van der Waals surface area (Å²) < 4.78 is 0. The fourth-order valence-electron chi connectivity index (χ4n) is 1.57. The SMILES string of the molecule is CC(=O)CCNC(=O)Nc1cc(C)cc(C)c1. The van der Waals surface area contributed by atoms with Crippen molar-refractivity contribution < 1.29 is 9.59 Å². The van der Waals surface area contributed by atoms with E-state index in [0.29, 0.717) is 13.0 Å². The van der Waals surface area contributed by atoms with Gasteiger partial charge < -0.3 is 10.6 Å². The van der Waals surface area contributed by atoms with Crippen LogP contribution in [0.3, 0.4) is 0 Å². The second kappa shape index (κ2) is 6.03. The summed E-state index contributed by atoms with van der Waals surface area (Å²) >= 11 is 0. The van der Waals surface area contributed by atoms with Crippen molar-refractivity contribution in [1.29, 1.82) is 0 Å². The molecule has 2 N–H and O–H groups in total. The first-order chi connectivity index (χ1) is 7.97. The molecule has 0 radical (unpaired) electrons. The normalized spacial score (nSPS) is 9.82. The summed E-state index contributed by atoms with van der Waals surface area (Å²) in [5.74, 6) is 0.0664. The van der Waals surface area contributed by atoms with Gasteiger partial charge in [0.2, 0.25) is 0 Å². The molecule has 1 aromatic carbocycles. The van der Waals surface area contributed by atoms with Gasteiger partial charge in [-0.05, 0) is 44.0 Å². The zero-order chi connectivity index (χ0) is 12.8. The first kappa shape index (κ1) is 13.2. The number of ketones is 1. The minimum atomic E-state index is -0.281. The van der Waals surface area contributed by atoms with E-state index >= 15 is 0 Å². The number of urea groups is 1. The van der Waals surface area contributed by atoms with Crippen LogP contribution in [0.1, 0.15) is 24.5 Å². The third-order valence-corrected chi connectivity index (χ3v) is 2.24. The number of amides is 2. The highest BCUT2D eigenvalue weighted by atomic mass is 16.2. The van der Waals surface area contributed by atoms with Gasteiger partial charge in [0.1, 0.15) is 5.78 Å². The third-order valence-electron chi connectivity index (χ3n) is 2.24. The quantitative estimate of drug-likeness (QED) is 0.840. The summed E-state index contributed by atoms with van der Waals surface area (Å²) in [7, 11) is 0. The lowest BCUT2D eigenvalue weighted by Crippen LogP contribution is -2.30. The van der Waals surface area contributed by atoms with Gasteiger partial charge in [-0.1, -0.05) is 6.07 Å². The van der Waals surface area contributed by atoms with Crippen LogP contribution in [-0.2, 0) is 4.79 Å². The van der Waals surface area contributed by atoms with Crippen LogP contribution in [0.5, 0.6) is 0 Å². The minimum Gasteiger partial charge on any atom is -0.337 e. The van der Waals surface area contributed by atoms with Crippen LogP contribution in [-0.4, -0.2) is 18.4 Å². The van der Waals surface area contributed by atoms with E-state index < -0.39 is 0 Å². The maximum Gasteiger partial charge on any atom is 0.319 e. The highest BCUT2D eigenvalue weighted by molar-refractivity contribution is 5.89. The van der Waals surface area contributed by atoms with Crippen LogP contribution in [0, 0.1) is 13.8 Å². The van der Waals surface area contributed by atoms with Crippen molar-refractivity contribution in [2.45, 2.75) is 27.2 Å². The zero-order valence-corrected chi connectivity index (χ0v) is 10.5. The number of anilines is 1. The number of Topliss-reactive ketones (excluding diaryl/α,β-unsaturated/α-hetero) is 1. The van der Waals surface area contributed by atoms with Crippen molar-refractivity contribution >= 4 is 17.5 Å². The molecular formula is C13H18N2O2. The van der Waals surface area contributed by atoms with Gasteiger partial charge in [0.15, 0.2) is 0 Å². The Labute approximate surface area is 101 Å². The predicted molar refractivity (Wildman–Crippen MR) is 68.2 cm³/mol. The molecule has 0 saturated heterocycles. The molecule has 0 aliphatic rings. The number of aryl methyl sites for hydroxylation is 2. The van der Waals surface area contributed by atoms with Gasteiger partial charge in [0.05, 0.1) is 0 Å². The van der Waals surface area contributed by atoms with Crippen molar-refractivity contribution in [2.75, 3.05) is 11.9 Å². The Morgan fingerprint density at radius 3 is 2.24 bits per heavy atom. The number of carbonyl (C=O) groups excluding carboxylic acids is 2. The maximum absolute atomic E-state index is 11.5. The molecule has 0 spiro atoms. The van der Waals surface area contributed by atoms with Gasteiger partial charge in [-0.2, -0.15) is 0 Å². The van der Waals surface area contributed by atoms with E-state index in [9.17, 15) is 9.59 Å². The predicted octanol–water partition coefficient (Wildman–Crippen LogP) is 2.40. The summed E-state index contributed by atoms with van der Waals surface area (Å²) in [5, 5.41) is 5.37. The molecule has 1 rings (SSSR count). The number of hydrogen-bond donors (Lipinski definition) is 2. The Kier molecular flexibility index (Phi) is 4.69. The Hall–Kier alpha value is -1.84. The van der Waals surface area contributed by atoms with Gasteiger partial charge in [0.25, 0.3) is 0 Å². The third kappa shape index (κ3) is 5.15. The Morgan fingerprint density at radius 1 is 1.12 bits per heavy atom. The van der Waals surface area contributed by atoms with E-state index in [2.05, 4.69) is 10.6 Å². The molecule has 0 aromatic heterocycles. The van der Waals surface area contributed by atoms with Gasteiger partial charge in [-0.15, -0.1) is 0 Å². The summed E-state index contributed by atoms with van der Waals surface area (Å²) in [4.78, 5) is 22.2. The van der Waals surface area contributed by atoms with Crippen LogP contribution >= 0.6 is 0 Å². The van der Waals surface area contributed by atoms with E-state index in [1.165, 1.54) is 6.92 Å². The van der Waals surface area contributed by atoms with E-state index in [1.54, 1.807) is 0 Å². The molecule has 92 valence electrons. The molecule has 0 atom stereocenters. The molecule has 0 saturated carbocycles. The van der Waals surface area contributed by atoms with Crippen molar-refractivity contribution in [3.05, 3.63) is 29.3 Å². The van der Waals surface area contributed by atoms with Crippen molar-refractivity contribution in [2.24, 2.45) is 0 Å². The average molecular weight is 234 g/mol. The van der Waals surface area contributed by atoms with E-state index in [4.69, 9.17) is 0 Å². The molecule has 17 heavy (non-hydrogen) atoms. The Morgan fingerprint density at radius 2 is 1.71 bits per heavy atom. The highest BCUT2D eigenvalue weighted by Gasteiger charge is 2.02. The van der Waals surface area contributed by atoms with Crippen molar-refractivity contribution in [1.82, 2.24) is 5.32 Å². The summed E-state index contributed by atoms with van der Waals surface area (Å²) in [6, 6.07) is 5.56. The van der Waals surface area contributed by atoms with Crippen molar-refractivity contribution in [3.8, 4) is 0 Å². The van der Waals surface area contributed by atoms with Crippen LogP contribution in [0.4, 0.5) is 10.5 Å². The molecule has 0 fully saturated rings. The molecule has 0 bridgehead atoms. The minimum absolute atomic E-state index is 0.0664. The van der Waals surface area contributed by atoms with Crippen LogP contribution in [0.2, 0.25) is 0 Å². The summed E-state index contributed by atoms with van der Waals surface area (Å²) in [6.45, 7) is 5.83. The lowest BCUT2D eigenvalue weighted by atomic mass is 10.1. The van der Waals surface area contributed by atoms with Gasteiger partial charge in [0, 0.05) is 18.7 Å². The lowest BCUT2D eigenvalue weighted by Gasteiger charge is -2.08. The van der Waals surface area contributed by atoms with Gasteiger partial charge >= 0.3 is 6.03 Å². The van der Waals surface area contributed by atoms with Gasteiger partial charge in [-0.3, -0.25) is 4.79 Å². The molecule has 4 nitrogen and oxygen atoms in total. The Balaban J connectivity index is 2.47. The molecule has 0 heterocycles. The molecule has 2 amide bonds. The molecule has 4 heteroatoms. The highest BCUT2D eigenvalue weighted by Crippen LogP contribution is 2.13. The first-order valence-corrected chi connectivity index (χ1v) is 5.60. The van der Waals surface area contributed by atoms with Crippen LogP contribution in [0.15, 0.2) is 18.2 Å². The molecule has 0 aliphatic carbocycles. The number of benzene rings is 1. The number of nitrogens with one attached hydrogen (secondary N) is 2. The molecule has 0 unspecified atom stereocenters. The molecule has 0 aliphatic heterocycles. The molecule has 1 aromatic rings.